The maximum absolute atomic E-state index is 14.1. The lowest BCUT2D eigenvalue weighted by molar-refractivity contribution is 0.0715. The number of rotatable bonds is 5. The third-order valence-corrected chi connectivity index (χ3v) is 4.74. The van der Waals surface area contributed by atoms with Crippen molar-refractivity contribution in [3.8, 4) is 0 Å². The number of halogens is 2. The van der Waals surface area contributed by atoms with Gasteiger partial charge >= 0.3 is 0 Å². The van der Waals surface area contributed by atoms with Crippen molar-refractivity contribution in [2.45, 2.75) is 20.0 Å². The van der Waals surface area contributed by atoms with Gasteiger partial charge in [0, 0.05) is 14.8 Å². The van der Waals surface area contributed by atoms with Gasteiger partial charge in [-0.2, -0.15) is 0 Å². The molecule has 0 saturated heterocycles. The molecule has 0 aliphatic carbocycles. The van der Waals surface area contributed by atoms with Gasteiger partial charge in [0.05, 0.1) is 24.9 Å². The number of thiophene rings is 1. The van der Waals surface area contributed by atoms with Gasteiger partial charge in [0.25, 0.3) is 5.91 Å². The standard InChI is InChI=1S/C18H15ClFNO2S/c1-12-4-6-15(24-12)11-21(10-14-3-2-8-23-14)18(22)16-7-5-13(19)9-17(16)20/h2-9H,10-11H2,1H3. The van der Waals surface area contributed by atoms with Crippen LogP contribution in [0.5, 0.6) is 0 Å². The number of amides is 1. The molecule has 3 rings (SSSR count). The van der Waals surface area contributed by atoms with E-state index >= 15 is 0 Å². The molecule has 0 fully saturated rings. The second-order valence-corrected chi connectivity index (χ2v) is 7.19. The van der Waals surface area contributed by atoms with E-state index in [9.17, 15) is 9.18 Å². The monoisotopic (exact) mass is 363 g/mol. The highest BCUT2D eigenvalue weighted by atomic mass is 35.5. The normalized spacial score (nSPS) is 10.8. The van der Waals surface area contributed by atoms with Gasteiger partial charge in [-0.15, -0.1) is 11.3 Å². The molecule has 0 radical (unpaired) electrons. The number of carbonyl (C=O) groups excluding carboxylic acids is 1. The molecule has 0 spiro atoms. The Hall–Kier alpha value is -2.11. The molecule has 124 valence electrons. The van der Waals surface area contributed by atoms with Crippen LogP contribution in [0.2, 0.25) is 5.02 Å². The fourth-order valence-corrected chi connectivity index (χ4v) is 3.45. The number of carbonyl (C=O) groups is 1. The van der Waals surface area contributed by atoms with Gasteiger partial charge in [-0.25, -0.2) is 4.39 Å². The summed E-state index contributed by atoms with van der Waals surface area (Å²) in [6.45, 7) is 2.66. The van der Waals surface area contributed by atoms with Gasteiger partial charge < -0.3 is 9.32 Å². The molecular formula is C18H15ClFNO2S. The lowest BCUT2D eigenvalue weighted by Gasteiger charge is -2.21. The summed E-state index contributed by atoms with van der Waals surface area (Å²) in [4.78, 5) is 16.6. The van der Waals surface area contributed by atoms with Crippen molar-refractivity contribution >= 4 is 28.8 Å². The summed E-state index contributed by atoms with van der Waals surface area (Å²) in [7, 11) is 0. The van der Waals surface area contributed by atoms with E-state index in [-0.39, 0.29) is 17.1 Å². The number of nitrogens with zero attached hydrogens (tertiary/aromatic N) is 1. The van der Waals surface area contributed by atoms with Crippen molar-refractivity contribution in [1.82, 2.24) is 4.90 Å². The van der Waals surface area contributed by atoms with E-state index in [0.717, 1.165) is 15.8 Å². The molecule has 1 aromatic carbocycles. The topological polar surface area (TPSA) is 33.5 Å². The minimum Gasteiger partial charge on any atom is -0.467 e. The second-order valence-electron chi connectivity index (χ2n) is 5.38. The molecule has 0 saturated carbocycles. The Morgan fingerprint density at radius 1 is 1.25 bits per heavy atom. The molecular weight excluding hydrogens is 349 g/mol. The second kappa shape index (κ2) is 7.20. The van der Waals surface area contributed by atoms with Crippen molar-refractivity contribution in [3.63, 3.8) is 0 Å². The molecule has 0 aliphatic rings. The zero-order chi connectivity index (χ0) is 17.1. The van der Waals surface area contributed by atoms with Crippen LogP contribution in [0.4, 0.5) is 4.39 Å². The Labute approximate surface area is 148 Å². The van der Waals surface area contributed by atoms with Crippen molar-refractivity contribution in [3.05, 3.63) is 80.6 Å². The summed E-state index contributed by atoms with van der Waals surface area (Å²) in [5.74, 6) is -0.378. The van der Waals surface area contributed by atoms with Crippen molar-refractivity contribution in [2.24, 2.45) is 0 Å². The quantitative estimate of drug-likeness (QED) is 0.617. The number of benzene rings is 1. The van der Waals surface area contributed by atoms with Crippen molar-refractivity contribution in [1.29, 1.82) is 0 Å². The highest BCUT2D eigenvalue weighted by molar-refractivity contribution is 7.11. The molecule has 2 heterocycles. The van der Waals surface area contributed by atoms with E-state index in [1.807, 2.05) is 19.1 Å². The minimum absolute atomic E-state index is 0.000709. The first kappa shape index (κ1) is 16.7. The maximum Gasteiger partial charge on any atom is 0.257 e. The first-order chi connectivity index (χ1) is 11.5. The van der Waals surface area contributed by atoms with Crippen LogP contribution in [0.25, 0.3) is 0 Å². The molecule has 0 unspecified atom stereocenters. The number of hydrogen-bond acceptors (Lipinski definition) is 3. The molecule has 6 heteroatoms. The molecule has 2 aromatic heterocycles. The highest BCUT2D eigenvalue weighted by Gasteiger charge is 2.21. The van der Waals surface area contributed by atoms with Crippen LogP contribution in [-0.4, -0.2) is 10.8 Å². The molecule has 0 bridgehead atoms. The maximum atomic E-state index is 14.1. The average Bonchev–Trinajstić information content (AvgIpc) is 3.18. The smallest absolute Gasteiger partial charge is 0.257 e. The van der Waals surface area contributed by atoms with Gasteiger partial charge in [0.2, 0.25) is 0 Å². The van der Waals surface area contributed by atoms with Gasteiger partial charge in [-0.05, 0) is 49.4 Å². The number of aryl methyl sites for hydroxylation is 1. The summed E-state index contributed by atoms with van der Waals surface area (Å²) in [5, 5.41) is 0.260. The Morgan fingerprint density at radius 2 is 2.08 bits per heavy atom. The zero-order valence-corrected chi connectivity index (χ0v) is 14.5. The SMILES string of the molecule is Cc1ccc(CN(Cc2ccco2)C(=O)c2ccc(Cl)cc2F)s1. The van der Waals surface area contributed by atoms with Crippen LogP contribution < -0.4 is 0 Å². The van der Waals surface area contributed by atoms with Crippen LogP contribution >= 0.6 is 22.9 Å². The Bertz CT molecular complexity index is 845. The number of furan rings is 1. The molecule has 0 atom stereocenters. The Balaban J connectivity index is 1.88. The number of hydrogen-bond donors (Lipinski definition) is 0. The van der Waals surface area contributed by atoms with Crippen LogP contribution in [-0.2, 0) is 13.1 Å². The summed E-state index contributed by atoms with van der Waals surface area (Å²) >= 11 is 7.38. The van der Waals surface area contributed by atoms with Gasteiger partial charge in [-0.3, -0.25) is 4.79 Å². The van der Waals surface area contributed by atoms with Crippen LogP contribution in [0, 0.1) is 12.7 Å². The summed E-state index contributed by atoms with van der Waals surface area (Å²) < 4.78 is 19.5. The predicted molar refractivity (Wildman–Crippen MR) is 92.8 cm³/mol. The fraction of sp³-hybridized carbons (Fsp3) is 0.167. The van der Waals surface area contributed by atoms with E-state index in [4.69, 9.17) is 16.0 Å². The van der Waals surface area contributed by atoms with Crippen LogP contribution in [0.15, 0.2) is 53.1 Å². The van der Waals surface area contributed by atoms with Gasteiger partial charge in [-0.1, -0.05) is 11.6 Å². The van der Waals surface area contributed by atoms with Crippen LogP contribution in [0.3, 0.4) is 0 Å². The summed E-state index contributed by atoms with van der Waals surface area (Å²) in [5.41, 5.74) is -0.000709. The lowest BCUT2D eigenvalue weighted by Crippen LogP contribution is -2.30. The molecule has 1 amide bonds. The third-order valence-electron chi connectivity index (χ3n) is 3.52. The highest BCUT2D eigenvalue weighted by Crippen LogP contribution is 2.22. The van der Waals surface area contributed by atoms with Crippen LogP contribution in [0.1, 0.15) is 25.9 Å². The third kappa shape index (κ3) is 3.86. The minimum atomic E-state index is -0.626. The van der Waals surface area contributed by atoms with Gasteiger partial charge in [0.1, 0.15) is 11.6 Å². The fourth-order valence-electron chi connectivity index (χ4n) is 2.38. The molecule has 24 heavy (non-hydrogen) atoms. The Morgan fingerprint density at radius 3 is 2.71 bits per heavy atom. The lowest BCUT2D eigenvalue weighted by atomic mass is 10.1. The average molecular weight is 364 g/mol. The Kier molecular flexibility index (Phi) is 5.02. The van der Waals surface area contributed by atoms with Crippen molar-refractivity contribution in [2.75, 3.05) is 0 Å². The molecule has 3 aromatic rings. The van der Waals surface area contributed by atoms with E-state index in [2.05, 4.69) is 0 Å². The van der Waals surface area contributed by atoms with Crippen molar-refractivity contribution < 1.29 is 13.6 Å². The largest absolute Gasteiger partial charge is 0.467 e. The molecule has 3 nitrogen and oxygen atoms in total. The first-order valence-corrected chi connectivity index (χ1v) is 8.54. The van der Waals surface area contributed by atoms with E-state index < -0.39 is 11.7 Å². The van der Waals surface area contributed by atoms with E-state index in [0.29, 0.717) is 12.3 Å². The zero-order valence-electron chi connectivity index (χ0n) is 13.0. The predicted octanol–water partition coefficient (Wildman–Crippen LogP) is 5.28. The molecule has 0 aliphatic heterocycles. The summed E-state index contributed by atoms with van der Waals surface area (Å²) in [6, 6.07) is 11.6. The molecule has 0 N–H and O–H groups in total. The van der Waals surface area contributed by atoms with E-state index in [1.165, 1.54) is 12.1 Å². The summed E-state index contributed by atoms with van der Waals surface area (Å²) in [6.07, 6.45) is 1.55. The van der Waals surface area contributed by atoms with E-state index in [1.54, 1.807) is 34.6 Å². The van der Waals surface area contributed by atoms with Gasteiger partial charge in [0.15, 0.2) is 0 Å². The first-order valence-electron chi connectivity index (χ1n) is 7.35.